The van der Waals surface area contributed by atoms with Gasteiger partial charge in [-0.1, -0.05) is 37.3 Å². The Labute approximate surface area is 166 Å². The lowest BCUT2D eigenvalue weighted by Gasteiger charge is -2.30. The van der Waals surface area contributed by atoms with E-state index >= 15 is 0 Å². The van der Waals surface area contributed by atoms with Crippen LogP contribution < -0.4 is 14.8 Å². The molecule has 0 bridgehead atoms. The number of hydrogen-bond acceptors (Lipinski definition) is 4. The molecule has 0 spiro atoms. The molecule has 2 amide bonds. The van der Waals surface area contributed by atoms with Gasteiger partial charge in [0.1, 0.15) is 17.5 Å². The maximum Gasteiger partial charge on any atom is 0.261 e. The minimum absolute atomic E-state index is 0.137. The van der Waals surface area contributed by atoms with E-state index in [0.29, 0.717) is 24.5 Å². The second-order valence-electron chi connectivity index (χ2n) is 6.47. The van der Waals surface area contributed by atoms with E-state index in [0.717, 1.165) is 11.1 Å². The molecule has 28 heavy (non-hydrogen) atoms. The number of carbonyl (C=O) groups is 2. The van der Waals surface area contributed by atoms with Crippen molar-refractivity contribution in [1.29, 1.82) is 0 Å². The van der Waals surface area contributed by atoms with Crippen LogP contribution in [0, 0.1) is 6.92 Å². The van der Waals surface area contributed by atoms with Crippen LogP contribution in [0.25, 0.3) is 0 Å². The first-order valence-corrected chi connectivity index (χ1v) is 9.32. The standard InChI is InChI=1S/C22H28N2O4/c1-5-19(22(26)23-3)24(14-17-10-8-11-18(13-17)27-4)21(25)15-28-20-12-7-6-9-16(20)2/h6-13,19H,5,14-15H2,1-4H3,(H,23,26)/t19-/m0/s1. The lowest BCUT2D eigenvalue weighted by Crippen LogP contribution is -2.49. The van der Waals surface area contributed by atoms with Crippen LogP contribution in [0.3, 0.4) is 0 Å². The minimum atomic E-state index is -0.579. The Kier molecular flexibility index (Phi) is 7.87. The van der Waals surface area contributed by atoms with Crippen molar-refractivity contribution in [2.24, 2.45) is 0 Å². The summed E-state index contributed by atoms with van der Waals surface area (Å²) in [4.78, 5) is 26.9. The Morgan fingerprint density at radius 3 is 2.54 bits per heavy atom. The highest BCUT2D eigenvalue weighted by molar-refractivity contribution is 5.88. The number of rotatable bonds is 9. The van der Waals surface area contributed by atoms with E-state index in [-0.39, 0.29) is 18.4 Å². The van der Waals surface area contributed by atoms with Gasteiger partial charge in [0.25, 0.3) is 5.91 Å². The van der Waals surface area contributed by atoms with Crippen molar-refractivity contribution in [3.05, 3.63) is 59.7 Å². The molecule has 150 valence electrons. The molecule has 0 aliphatic heterocycles. The van der Waals surface area contributed by atoms with E-state index < -0.39 is 6.04 Å². The summed E-state index contributed by atoms with van der Waals surface area (Å²) in [5.74, 6) is 0.912. The number of amides is 2. The van der Waals surface area contributed by atoms with Gasteiger partial charge < -0.3 is 19.7 Å². The third kappa shape index (κ3) is 5.49. The second-order valence-corrected chi connectivity index (χ2v) is 6.47. The molecule has 2 aromatic carbocycles. The Morgan fingerprint density at radius 2 is 1.89 bits per heavy atom. The van der Waals surface area contributed by atoms with Gasteiger partial charge >= 0.3 is 0 Å². The van der Waals surface area contributed by atoms with E-state index in [1.54, 1.807) is 19.1 Å². The largest absolute Gasteiger partial charge is 0.497 e. The van der Waals surface area contributed by atoms with Gasteiger partial charge in [0.2, 0.25) is 5.91 Å². The maximum atomic E-state index is 13.0. The lowest BCUT2D eigenvalue weighted by molar-refractivity contribution is -0.142. The molecule has 1 N–H and O–H groups in total. The van der Waals surface area contributed by atoms with E-state index in [1.165, 1.54) is 0 Å². The quantitative estimate of drug-likeness (QED) is 0.722. The van der Waals surface area contributed by atoms with Gasteiger partial charge in [-0.2, -0.15) is 0 Å². The molecule has 0 saturated heterocycles. The van der Waals surface area contributed by atoms with Crippen molar-refractivity contribution in [1.82, 2.24) is 10.2 Å². The molecule has 0 aliphatic rings. The predicted octanol–water partition coefficient (Wildman–Crippen LogP) is 2.94. The molecule has 2 aromatic rings. The highest BCUT2D eigenvalue weighted by Crippen LogP contribution is 2.19. The first-order chi connectivity index (χ1) is 13.5. The molecule has 0 unspecified atom stereocenters. The van der Waals surface area contributed by atoms with Gasteiger partial charge in [0.05, 0.1) is 7.11 Å². The summed E-state index contributed by atoms with van der Waals surface area (Å²) in [7, 11) is 3.17. The van der Waals surface area contributed by atoms with Crippen LogP contribution >= 0.6 is 0 Å². The van der Waals surface area contributed by atoms with Gasteiger partial charge in [-0.3, -0.25) is 9.59 Å². The highest BCUT2D eigenvalue weighted by atomic mass is 16.5. The monoisotopic (exact) mass is 384 g/mol. The number of para-hydroxylation sites is 1. The third-order valence-corrected chi connectivity index (χ3v) is 4.56. The van der Waals surface area contributed by atoms with Crippen molar-refractivity contribution in [2.75, 3.05) is 20.8 Å². The average molecular weight is 384 g/mol. The zero-order valence-corrected chi connectivity index (χ0v) is 16.9. The van der Waals surface area contributed by atoms with Gasteiger partial charge in [0.15, 0.2) is 6.61 Å². The van der Waals surface area contributed by atoms with Crippen molar-refractivity contribution >= 4 is 11.8 Å². The fourth-order valence-electron chi connectivity index (χ4n) is 2.99. The van der Waals surface area contributed by atoms with E-state index in [1.807, 2.05) is 62.4 Å². The SMILES string of the molecule is CC[C@@H](C(=O)NC)N(Cc1cccc(OC)c1)C(=O)COc1ccccc1C. The molecule has 6 heteroatoms. The Morgan fingerprint density at radius 1 is 1.14 bits per heavy atom. The number of carbonyl (C=O) groups excluding carboxylic acids is 2. The third-order valence-electron chi connectivity index (χ3n) is 4.56. The number of hydrogen-bond donors (Lipinski definition) is 1. The number of nitrogens with one attached hydrogen (secondary N) is 1. The van der Waals surface area contributed by atoms with Crippen LogP contribution in [0.15, 0.2) is 48.5 Å². The molecule has 0 aliphatic carbocycles. The first-order valence-electron chi connectivity index (χ1n) is 9.32. The number of likely N-dealkylation sites (N-methyl/N-ethyl adjacent to an activating group) is 1. The normalized spacial score (nSPS) is 11.4. The summed E-state index contributed by atoms with van der Waals surface area (Å²) in [6.07, 6.45) is 0.500. The zero-order valence-electron chi connectivity index (χ0n) is 16.9. The summed E-state index contributed by atoms with van der Waals surface area (Å²) < 4.78 is 11.0. The fraction of sp³-hybridized carbons (Fsp3) is 0.364. The lowest BCUT2D eigenvalue weighted by atomic mass is 10.1. The van der Waals surface area contributed by atoms with Crippen molar-refractivity contribution in [3.8, 4) is 11.5 Å². The summed E-state index contributed by atoms with van der Waals surface area (Å²) in [5, 5.41) is 2.64. The number of ether oxygens (including phenoxy) is 2. The van der Waals surface area contributed by atoms with Gasteiger partial charge in [-0.05, 0) is 42.7 Å². The van der Waals surface area contributed by atoms with Gasteiger partial charge in [-0.25, -0.2) is 0 Å². The molecule has 6 nitrogen and oxygen atoms in total. The molecule has 0 saturated carbocycles. The van der Waals surface area contributed by atoms with Crippen LogP contribution in [-0.2, 0) is 16.1 Å². The Bertz CT molecular complexity index is 807. The molecular weight excluding hydrogens is 356 g/mol. The van der Waals surface area contributed by atoms with Gasteiger partial charge in [0, 0.05) is 13.6 Å². The van der Waals surface area contributed by atoms with Crippen molar-refractivity contribution < 1.29 is 19.1 Å². The molecule has 1 atom stereocenters. The molecule has 0 aromatic heterocycles. The Balaban J connectivity index is 2.22. The molecule has 0 radical (unpaired) electrons. The fourth-order valence-corrected chi connectivity index (χ4v) is 2.99. The van der Waals surface area contributed by atoms with Crippen molar-refractivity contribution in [3.63, 3.8) is 0 Å². The smallest absolute Gasteiger partial charge is 0.261 e. The zero-order chi connectivity index (χ0) is 20.5. The summed E-state index contributed by atoms with van der Waals surface area (Å²) >= 11 is 0. The number of methoxy groups -OCH3 is 1. The van der Waals surface area contributed by atoms with E-state index in [2.05, 4.69) is 5.32 Å². The average Bonchev–Trinajstić information content (AvgIpc) is 2.72. The highest BCUT2D eigenvalue weighted by Gasteiger charge is 2.28. The molecular formula is C22H28N2O4. The Hall–Kier alpha value is -3.02. The number of aryl methyl sites for hydroxylation is 1. The summed E-state index contributed by atoms with van der Waals surface area (Å²) in [6, 6.07) is 14.4. The summed E-state index contributed by atoms with van der Waals surface area (Å²) in [6.45, 7) is 3.96. The van der Waals surface area contributed by atoms with E-state index in [9.17, 15) is 9.59 Å². The van der Waals surface area contributed by atoms with Crippen LogP contribution in [0.4, 0.5) is 0 Å². The van der Waals surface area contributed by atoms with Crippen LogP contribution in [0.1, 0.15) is 24.5 Å². The maximum absolute atomic E-state index is 13.0. The minimum Gasteiger partial charge on any atom is -0.497 e. The van der Waals surface area contributed by atoms with Crippen LogP contribution in [0.2, 0.25) is 0 Å². The van der Waals surface area contributed by atoms with Gasteiger partial charge in [-0.15, -0.1) is 0 Å². The topological polar surface area (TPSA) is 67.9 Å². The van der Waals surface area contributed by atoms with E-state index in [4.69, 9.17) is 9.47 Å². The second kappa shape index (κ2) is 10.3. The number of benzene rings is 2. The summed E-state index contributed by atoms with van der Waals surface area (Å²) in [5.41, 5.74) is 1.83. The van der Waals surface area contributed by atoms with Crippen molar-refractivity contribution in [2.45, 2.75) is 32.9 Å². The molecule has 0 heterocycles. The number of nitrogens with zero attached hydrogens (tertiary/aromatic N) is 1. The van der Waals surface area contributed by atoms with Crippen LogP contribution in [0.5, 0.6) is 11.5 Å². The predicted molar refractivity (Wildman–Crippen MR) is 108 cm³/mol. The van der Waals surface area contributed by atoms with Crippen LogP contribution in [-0.4, -0.2) is 43.5 Å². The molecule has 0 fully saturated rings. The first kappa shape index (κ1) is 21.3. The molecule has 2 rings (SSSR count).